The molecule has 0 aromatic heterocycles. The molecule has 4 nitrogen and oxygen atoms in total. The van der Waals surface area contributed by atoms with Gasteiger partial charge in [0.05, 0.1) is 4.90 Å². The Hall–Kier alpha value is -0.910. The van der Waals surface area contributed by atoms with Crippen LogP contribution in [-0.2, 0) is 16.6 Å². The first-order valence-electron chi connectivity index (χ1n) is 6.60. The lowest BCUT2D eigenvalue weighted by Gasteiger charge is -2.13. The average Bonchev–Trinajstić information content (AvgIpc) is 3.09. The minimum atomic E-state index is -3.40. The Kier molecular flexibility index (Phi) is 3.99. The third kappa shape index (κ3) is 3.55. The molecule has 0 spiro atoms. The number of sulfonamides is 1. The van der Waals surface area contributed by atoms with Gasteiger partial charge in [-0.05, 0) is 49.4 Å². The van der Waals surface area contributed by atoms with Gasteiger partial charge < -0.3 is 5.32 Å². The Balaban J connectivity index is 2.20. The van der Waals surface area contributed by atoms with Crippen molar-refractivity contribution in [2.75, 3.05) is 13.6 Å². The molecule has 19 heavy (non-hydrogen) atoms. The maximum absolute atomic E-state index is 12.4. The van der Waals surface area contributed by atoms with E-state index in [-0.39, 0.29) is 5.41 Å². The number of hydrogen-bond donors (Lipinski definition) is 2. The lowest BCUT2D eigenvalue weighted by Crippen LogP contribution is -2.29. The van der Waals surface area contributed by atoms with E-state index >= 15 is 0 Å². The van der Waals surface area contributed by atoms with Gasteiger partial charge in [-0.3, -0.25) is 0 Å². The van der Waals surface area contributed by atoms with E-state index < -0.39 is 10.0 Å². The number of aryl methyl sites for hydroxylation is 1. The fourth-order valence-electron chi connectivity index (χ4n) is 1.99. The minimum absolute atomic E-state index is 0.170. The SMILES string of the molecule is CNCc1ccc(C)c(S(=O)(=O)NCC2(C)CC2)c1. The van der Waals surface area contributed by atoms with Crippen molar-refractivity contribution < 1.29 is 8.42 Å². The Morgan fingerprint density at radius 1 is 1.32 bits per heavy atom. The van der Waals surface area contributed by atoms with Crippen molar-refractivity contribution in [1.29, 1.82) is 0 Å². The topological polar surface area (TPSA) is 58.2 Å². The highest BCUT2D eigenvalue weighted by atomic mass is 32.2. The molecule has 0 atom stereocenters. The zero-order valence-electron chi connectivity index (χ0n) is 11.8. The van der Waals surface area contributed by atoms with Crippen LogP contribution in [0.3, 0.4) is 0 Å². The second-order valence-electron chi connectivity index (χ2n) is 5.77. The average molecular weight is 282 g/mol. The molecule has 0 unspecified atom stereocenters. The summed E-state index contributed by atoms with van der Waals surface area (Å²) < 4.78 is 27.4. The molecule has 1 aliphatic rings. The Morgan fingerprint density at radius 2 is 2.00 bits per heavy atom. The van der Waals surface area contributed by atoms with E-state index in [1.807, 2.05) is 26.1 Å². The molecule has 0 radical (unpaired) electrons. The molecule has 5 heteroatoms. The second kappa shape index (κ2) is 5.23. The Bertz CT molecular complexity index is 563. The van der Waals surface area contributed by atoms with Crippen LogP contribution in [0.15, 0.2) is 23.1 Å². The Morgan fingerprint density at radius 3 is 2.58 bits per heavy atom. The molecular weight excluding hydrogens is 260 g/mol. The molecule has 1 aromatic rings. The van der Waals surface area contributed by atoms with Crippen LogP contribution in [0.25, 0.3) is 0 Å². The van der Waals surface area contributed by atoms with Crippen LogP contribution in [0.1, 0.15) is 30.9 Å². The van der Waals surface area contributed by atoms with Gasteiger partial charge in [0.1, 0.15) is 0 Å². The van der Waals surface area contributed by atoms with Gasteiger partial charge in [-0.1, -0.05) is 19.1 Å². The van der Waals surface area contributed by atoms with Gasteiger partial charge in [-0.25, -0.2) is 13.1 Å². The molecule has 2 N–H and O–H groups in total. The largest absolute Gasteiger partial charge is 0.316 e. The molecule has 1 aliphatic carbocycles. The van der Waals surface area contributed by atoms with Gasteiger partial charge in [-0.2, -0.15) is 0 Å². The standard InChI is InChI=1S/C14H22N2O2S/c1-11-4-5-12(9-15-3)8-13(11)19(17,18)16-10-14(2)6-7-14/h4-5,8,15-16H,6-7,9-10H2,1-3H3. The monoisotopic (exact) mass is 282 g/mol. The summed E-state index contributed by atoms with van der Waals surface area (Å²) in [5.74, 6) is 0. The van der Waals surface area contributed by atoms with Gasteiger partial charge in [0.25, 0.3) is 0 Å². The van der Waals surface area contributed by atoms with E-state index in [0.717, 1.165) is 24.0 Å². The number of rotatable bonds is 6. The molecule has 0 heterocycles. The summed E-state index contributed by atoms with van der Waals surface area (Å²) in [5, 5.41) is 3.03. The second-order valence-corrected chi connectivity index (χ2v) is 7.50. The fourth-order valence-corrected chi connectivity index (χ4v) is 3.48. The summed E-state index contributed by atoms with van der Waals surface area (Å²) in [6.45, 7) is 5.14. The molecular formula is C14H22N2O2S. The highest BCUT2D eigenvalue weighted by Crippen LogP contribution is 2.44. The fraction of sp³-hybridized carbons (Fsp3) is 0.571. The lowest BCUT2D eigenvalue weighted by molar-refractivity contribution is 0.530. The van der Waals surface area contributed by atoms with Crippen LogP contribution in [0.2, 0.25) is 0 Å². The maximum atomic E-state index is 12.4. The van der Waals surface area contributed by atoms with Crippen molar-refractivity contribution in [3.8, 4) is 0 Å². The summed E-state index contributed by atoms with van der Waals surface area (Å²) in [6, 6.07) is 5.57. The van der Waals surface area contributed by atoms with Crippen molar-refractivity contribution >= 4 is 10.0 Å². The van der Waals surface area contributed by atoms with E-state index in [4.69, 9.17) is 0 Å². The van der Waals surface area contributed by atoms with E-state index in [0.29, 0.717) is 18.0 Å². The van der Waals surface area contributed by atoms with Crippen LogP contribution in [0.4, 0.5) is 0 Å². The van der Waals surface area contributed by atoms with Gasteiger partial charge >= 0.3 is 0 Å². The predicted molar refractivity (Wildman–Crippen MR) is 76.5 cm³/mol. The molecule has 106 valence electrons. The van der Waals surface area contributed by atoms with Crippen LogP contribution in [-0.4, -0.2) is 22.0 Å². The van der Waals surface area contributed by atoms with E-state index in [1.54, 1.807) is 6.07 Å². The van der Waals surface area contributed by atoms with E-state index in [2.05, 4.69) is 17.0 Å². The normalized spacial score (nSPS) is 17.4. The molecule has 2 rings (SSSR count). The molecule has 0 amide bonds. The van der Waals surface area contributed by atoms with Gasteiger partial charge in [0.2, 0.25) is 10.0 Å². The van der Waals surface area contributed by atoms with Gasteiger partial charge in [-0.15, -0.1) is 0 Å². The molecule has 1 fully saturated rings. The molecule has 1 aromatic carbocycles. The van der Waals surface area contributed by atoms with Gasteiger partial charge in [0, 0.05) is 13.1 Å². The van der Waals surface area contributed by atoms with Crippen LogP contribution in [0, 0.1) is 12.3 Å². The molecule has 0 bridgehead atoms. The zero-order valence-corrected chi connectivity index (χ0v) is 12.6. The van der Waals surface area contributed by atoms with Crippen molar-refractivity contribution in [3.05, 3.63) is 29.3 Å². The summed E-state index contributed by atoms with van der Waals surface area (Å²) >= 11 is 0. The number of benzene rings is 1. The van der Waals surface area contributed by atoms with Crippen LogP contribution >= 0.6 is 0 Å². The summed E-state index contributed by atoms with van der Waals surface area (Å²) in [5.41, 5.74) is 1.93. The van der Waals surface area contributed by atoms with E-state index in [1.165, 1.54) is 0 Å². The Labute approximate surface area is 115 Å². The first-order chi connectivity index (χ1) is 8.86. The summed E-state index contributed by atoms with van der Waals surface area (Å²) in [7, 11) is -1.56. The summed E-state index contributed by atoms with van der Waals surface area (Å²) in [6.07, 6.45) is 2.21. The van der Waals surface area contributed by atoms with Crippen LogP contribution < -0.4 is 10.0 Å². The molecule has 1 saturated carbocycles. The van der Waals surface area contributed by atoms with Crippen LogP contribution in [0.5, 0.6) is 0 Å². The third-order valence-electron chi connectivity index (χ3n) is 3.72. The number of hydrogen-bond acceptors (Lipinski definition) is 3. The van der Waals surface area contributed by atoms with Crippen molar-refractivity contribution in [3.63, 3.8) is 0 Å². The predicted octanol–water partition coefficient (Wildman–Crippen LogP) is 1.79. The van der Waals surface area contributed by atoms with Crippen molar-refractivity contribution in [1.82, 2.24) is 10.0 Å². The molecule has 0 saturated heterocycles. The number of nitrogens with one attached hydrogen (secondary N) is 2. The smallest absolute Gasteiger partial charge is 0.240 e. The van der Waals surface area contributed by atoms with Crippen molar-refractivity contribution in [2.45, 2.75) is 38.1 Å². The van der Waals surface area contributed by atoms with E-state index in [9.17, 15) is 8.42 Å². The zero-order chi connectivity index (χ0) is 14.1. The lowest BCUT2D eigenvalue weighted by atomic mass is 10.1. The first kappa shape index (κ1) is 14.5. The van der Waals surface area contributed by atoms with Crippen molar-refractivity contribution in [2.24, 2.45) is 5.41 Å². The highest BCUT2D eigenvalue weighted by Gasteiger charge is 2.38. The van der Waals surface area contributed by atoms with Gasteiger partial charge in [0.15, 0.2) is 0 Å². The first-order valence-corrected chi connectivity index (χ1v) is 8.08. The summed E-state index contributed by atoms with van der Waals surface area (Å²) in [4.78, 5) is 0.393. The minimum Gasteiger partial charge on any atom is -0.316 e. The quantitative estimate of drug-likeness (QED) is 0.836. The molecule has 0 aliphatic heterocycles. The third-order valence-corrected chi connectivity index (χ3v) is 5.26. The maximum Gasteiger partial charge on any atom is 0.240 e. The highest BCUT2D eigenvalue weighted by molar-refractivity contribution is 7.89.